The summed E-state index contributed by atoms with van der Waals surface area (Å²) in [6, 6.07) is 6.40. The van der Waals surface area contributed by atoms with Crippen molar-refractivity contribution in [1.82, 2.24) is 5.48 Å². The van der Waals surface area contributed by atoms with Gasteiger partial charge in [0.25, 0.3) is 0 Å². The zero-order valence-electron chi connectivity index (χ0n) is 10.4. The number of rotatable bonds is 1. The minimum Gasteiger partial charge on any atom is -0.397 e. The molecule has 3 rings (SSSR count). The standard InChI is InChI=1S/C14H15N3O/c1-8-5-9(2)7-10(6-8)11-3-4-12(15)14-13(11)16-18-17-14/h3-7,13,16H,15H2,1-2H3. The maximum Gasteiger partial charge on any atom is 0.130 e. The summed E-state index contributed by atoms with van der Waals surface area (Å²) in [5, 5.41) is 3.93. The van der Waals surface area contributed by atoms with Crippen molar-refractivity contribution in [1.29, 1.82) is 0 Å². The van der Waals surface area contributed by atoms with E-state index in [0.717, 1.165) is 11.3 Å². The molecule has 1 aliphatic carbocycles. The third-order valence-corrected chi connectivity index (χ3v) is 3.19. The topological polar surface area (TPSA) is 59.6 Å². The van der Waals surface area contributed by atoms with E-state index in [0.29, 0.717) is 5.70 Å². The van der Waals surface area contributed by atoms with Crippen LogP contribution >= 0.6 is 0 Å². The molecule has 0 radical (unpaired) electrons. The first-order valence-electron chi connectivity index (χ1n) is 5.91. The molecule has 1 aliphatic heterocycles. The van der Waals surface area contributed by atoms with Crippen LogP contribution in [0.15, 0.2) is 41.2 Å². The molecule has 2 aliphatic rings. The van der Waals surface area contributed by atoms with E-state index in [9.17, 15) is 0 Å². The van der Waals surface area contributed by atoms with Crippen LogP contribution in [0.4, 0.5) is 0 Å². The van der Waals surface area contributed by atoms with Gasteiger partial charge in [0.15, 0.2) is 0 Å². The summed E-state index contributed by atoms with van der Waals surface area (Å²) < 4.78 is 0. The van der Waals surface area contributed by atoms with Crippen LogP contribution in [0.5, 0.6) is 0 Å². The van der Waals surface area contributed by atoms with E-state index in [1.54, 1.807) is 0 Å². The number of fused-ring (bicyclic) bond motifs is 1. The monoisotopic (exact) mass is 241 g/mol. The summed E-state index contributed by atoms with van der Waals surface area (Å²) in [6.45, 7) is 4.19. The van der Waals surface area contributed by atoms with Gasteiger partial charge in [0.2, 0.25) is 0 Å². The molecule has 3 N–H and O–H groups in total. The first-order valence-corrected chi connectivity index (χ1v) is 5.91. The fourth-order valence-electron chi connectivity index (χ4n) is 2.43. The van der Waals surface area contributed by atoms with Gasteiger partial charge in [0.05, 0.1) is 5.70 Å². The second-order valence-corrected chi connectivity index (χ2v) is 4.74. The Morgan fingerprint density at radius 2 is 1.89 bits per heavy atom. The number of benzene rings is 1. The normalized spacial score (nSPS) is 21.7. The minimum atomic E-state index is -0.0730. The van der Waals surface area contributed by atoms with Crippen LogP contribution in [0, 0.1) is 13.8 Å². The summed E-state index contributed by atoms with van der Waals surface area (Å²) >= 11 is 0. The van der Waals surface area contributed by atoms with Gasteiger partial charge in [-0.15, -0.1) is 5.48 Å². The second-order valence-electron chi connectivity index (χ2n) is 4.74. The molecule has 0 aromatic heterocycles. The van der Waals surface area contributed by atoms with Gasteiger partial charge in [-0.3, -0.25) is 4.94 Å². The van der Waals surface area contributed by atoms with Crippen LogP contribution in [0.25, 0.3) is 5.57 Å². The van der Waals surface area contributed by atoms with Crippen molar-refractivity contribution in [2.45, 2.75) is 19.9 Å². The number of nitrogens with one attached hydrogen (secondary N) is 1. The van der Waals surface area contributed by atoms with Gasteiger partial charge in [-0.25, -0.2) is 0 Å². The van der Waals surface area contributed by atoms with Crippen molar-refractivity contribution >= 4 is 11.3 Å². The minimum absolute atomic E-state index is 0.0730. The molecule has 4 nitrogen and oxygen atoms in total. The van der Waals surface area contributed by atoms with Gasteiger partial charge in [0, 0.05) is 0 Å². The second kappa shape index (κ2) is 3.99. The summed E-state index contributed by atoms with van der Waals surface area (Å²) in [6.07, 6.45) is 3.90. The van der Waals surface area contributed by atoms with Crippen LogP contribution in [-0.2, 0) is 4.94 Å². The molecule has 1 atom stereocenters. The lowest BCUT2D eigenvalue weighted by Gasteiger charge is -2.19. The summed E-state index contributed by atoms with van der Waals surface area (Å²) in [5.74, 6) is 0. The van der Waals surface area contributed by atoms with E-state index in [-0.39, 0.29) is 6.04 Å². The molecule has 0 bridgehead atoms. The average molecular weight is 241 g/mol. The van der Waals surface area contributed by atoms with E-state index in [2.05, 4.69) is 42.7 Å². The van der Waals surface area contributed by atoms with Gasteiger partial charge in [-0.2, -0.15) is 0 Å². The van der Waals surface area contributed by atoms with E-state index < -0.39 is 0 Å². The fraction of sp³-hybridized carbons (Fsp3) is 0.214. The molecule has 18 heavy (non-hydrogen) atoms. The maximum absolute atomic E-state index is 5.89. The number of hydrogen-bond donors (Lipinski definition) is 2. The average Bonchev–Trinajstić information content (AvgIpc) is 2.77. The Balaban J connectivity index is 2.09. The summed E-state index contributed by atoms with van der Waals surface area (Å²) in [4.78, 5) is 4.95. The molecule has 1 unspecified atom stereocenters. The molecule has 4 heteroatoms. The number of nitrogens with two attached hydrogens (primary N) is 1. The maximum atomic E-state index is 5.89. The van der Waals surface area contributed by atoms with Gasteiger partial charge >= 0.3 is 0 Å². The Bertz CT molecular complexity index is 579. The predicted molar refractivity (Wildman–Crippen MR) is 71.6 cm³/mol. The largest absolute Gasteiger partial charge is 0.397 e. The number of hydrogen-bond acceptors (Lipinski definition) is 4. The molecule has 1 aromatic rings. The van der Waals surface area contributed by atoms with Crippen molar-refractivity contribution in [3.05, 3.63) is 52.7 Å². The number of nitrogens with zero attached hydrogens (tertiary/aromatic N) is 1. The van der Waals surface area contributed by atoms with Gasteiger partial charge in [-0.1, -0.05) is 40.6 Å². The molecule has 0 saturated carbocycles. The molecule has 0 amide bonds. The van der Waals surface area contributed by atoms with E-state index >= 15 is 0 Å². The third kappa shape index (κ3) is 1.71. The Morgan fingerprint density at radius 1 is 1.17 bits per heavy atom. The molecule has 1 heterocycles. The highest BCUT2D eigenvalue weighted by atomic mass is 16.8. The van der Waals surface area contributed by atoms with E-state index in [1.165, 1.54) is 16.7 Å². The third-order valence-electron chi connectivity index (χ3n) is 3.19. The highest BCUT2D eigenvalue weighted by molar-refractivity contribution is 6.12. The lowest BCUT2D eigenvalue weighted by molar-refractivity contribution is 0.0685. The van der Waals surface area contributed by atoms with Crippen LogP contribution in [0.2, 0.25) is 0 Å². The molecular formula is C14H15N3O. The summed E-state index contributed by atoms with van der Waals surface area (Å²) in [7, 11) is 0. The van der Waals surface area contributed by atoms with Crippen molar-refractivity contribution in [3.8, 4) is 0 Å². The lowest BCUT2D eigenvalue weighted by atomic mass is 9.89. The first-order chi connectivity index (χ1) is 8.65. The van der Waals surface area contributed by atoms with Gasteiger partial charge < -0.3 is 5.73 Å². The van der Waals surface area contributed by atoms with Crippen molar-refractivity contribution in [2.75, 3.05) is 0 Å². The summed E-state index contributed by atoms with van der Waals surface area (Å²) in [5.41, 5.74) is 15.0. The Kier molecular flexibility index (Phi) is 2.45. The van der Waals surface area contributed by atoms with Crippen LogP contribution in [0.3, 0.4) is 0 Å². The SMILES string of the molecule is Cc1cc(C)cc(C2=CC=C(N)C3=NONC23)c1. The molecule has 92 valence electrons. The van der Waals surface area contributed by atoms with Gasteiger partial charge in [-0.05, 0) is 31.1 Å². The quantitative estimate of drug-likeness (QED) is 0.788. The van der Waals surface area contributed by atoms with Crippen LogP contribution in [0.1, 0.15) is 16.7 Å². The Morgan fingerprint density at radius 3 is 2.61 bits per heavy atom. The highest BCUT2D eigenvalue weighted by Gasteiger charge is 2.31. The zero-order valence-corrected chi connectivity index (χ0v) is 10.4. The van der Waals surface area contributed by atoms with E-state index in [4.69, 9.17) is 10.7 Å². The molecule has 0 saturated heterocycles. The zero-order chi connectivity index (χ0) is 12.7. The van der Waals surface area contributed by atoms with Crippen molar-refractivity contribution in [3.63, 3.8) is 0 Å². The predicted octanol–water partition coefficient (Wildman–Crippen LogP) is 1.80. The smallest absolute Gasteiger partial charge is 0.130 e. The van der Waals surface area contributed by atoms with Crippen molar-refractivity contribution in [2.24, 2.45) is 10.9 Å². The van der Waals surface area contributed by atoms with Crippen molar-refractivity contribution < 1.29 is 4.94 Å². The Hall–Kier alpha value is -2.07. The first kappa shape index (κ1) is 11.0. The molecule has 0 fully saturated rings. The number of aryl methyl sites for hydroxylation is 2. The van der Waals surface area contributed by atoms with Gasteiger partial charge in [0.1, 0.15) is 11.8 Å². The fourth-order valence-corrected chi connectivity index (χ4v) is 2.43. The highest BCUT2D eigenvalue weighted by Crippen LogP contribution is 2.28. The lowest BCUT2D eigenvalue weighted by Crippen LogP contribution is -2.35. The number of oxime groups is 1. The number of hydroxylamine groups is 1. The van der Waals surface area contributed by atoms with Crippen LogP contribution < -0.4 is 11.2 Å². The molecule has 1 aromatic carbocycles. The van der Waals surface area contributed by atoms with Crippen LogP contribution in [-0.4, -0.2) is 11.8 Å². The Labute approximate surface area is 106 Å². The molecular weight excluding hydrogens is 226 g/mol. The number of allylic oxidation sites excluding steroid dienone is 2. The van der Waals surface area contributed by atoms with E-state index in [1.807, 2.05) is 12.2 Å². The molecule has 0 spiro atoms.